The number of benzene rings is 1. The van der Waals surface area contributed by atoms with E-state index in [1.807, 2.05) is 6.92 Å². The number of methoxy groups -OCH3 is 1. The second-order valence-corrected chi connectivity index (χ2v) is 5.75. The summed E-state index contributed by atoms with van der Waals surface area (Å²) in [6, 6.07) is 3.37. The second-order valence-electron chi connectivity index (χ2n) is 4.02. The lowest BCUT2D eigenvalue weighted by atomic mass is 10.3. The third-order valence-corrected chi connectivity index (χ3v) is 3.31. The fraction of sp³-hybridized carbons (Fsp3) is 0.417. The van der Waals surface area contributed by atoms with Gasteiger partial charge in [-0.15, -0.1) is 0 Å². The van der Waals surface area contributed by atoms with Gasteiger partial charge in [-0.3, -0.25) is 4.79 Å². The van der Waals surface area contributed by atoms with Gasteiger partial charge in [0.1, 0.15) is 0 Å². The summed E-state index contributed by atoms with van der Waals surface area (Å²) in [5.74, 6) is -0.153. The van der Waals surface area contributed by atoms with Crippen LogP contribution in [0.3, 0.4) is 0 Å². The molecular weight excluding hydrogens is 355 g/mol. The van der Waals surface area contributed by atoms with Crippen molar-refractivity contribution in [3.63, 3.8) is 0 Å². The normalized spacial score (nSPS) is 12.1. The van der Waals surface area contributed by atoms with Gasteiger partial charge in [0, 0.05) is 17.6 Å². The van der Waals surface area contributed by atoms with Crippen LogP contribution in [0, 0.1) is 0 Å². The lowest BCUT2D eigenvalue weighted by Crippen LogP contribution is -2.39. The quantitative estimate of drug-likeness (QED) is 0.808. The summed E-state index contributed by atoms with van der Waals surface area (Å²) in [6.45, 7) is 2.42. The number of carbonyl (C=O) groups excluding carboxylic acids is 1. The molecule has 0 fully saturated rings. The minimum Gasteiger partial charge on any atom is -0.383 e. The van der Waals surface area contributed by atoms with Crippen molar-refractivity contribution in [1.82, 2.24) is 5.32 Å². The SMILES string of the molecule is COCC(C)NC(=O)CNc1c(Cl)cc(Br)cc1Cl. The molecule has 0 bridgehead atoms. The number of ether oxygens (including phenoxy) is 1. The van der Waals surface area contributed by atoms with E-state index in [9.17, 15) is 4.79 Å². The highest BCUT2D eigenvalue weighted by atomic mass is 79.9. The van der Waals surface area contributed by atoms with Gasteiger partial charge in [0.15, 0.2) is 0 Å². The minimum absolute atomic E-state index is 0.0461. The molecule has 0 aliphatic rings. The molecule has 106 valence electrons. The van der Waals surface area contributed by atoms with Crippen LogP contribution in [0.1, 0.15) is 6.92 Å². The summed E-state index contributed by atoms with van der Waals surface area (Å²) in [6.07, 6.45) is 0. The van der Waals surface area contributed by atoms with E-state index >= 15 is 0 Å². The fourth-order valence-electron chi connectivity index (χ4n) is 1.50. The Morgan fingerprint density at radius 3 is 2.53 bits per heavy atom. The smallest absolute Gasteiger partial charge is 0.239 e. The Bertz CT molecular complexity index is 434. The first-order valence-corrected chi connectivity index (χ1v) is 7.15. The average molecular weight is 370 g/mol. The number of hydrogen-bond donors (Lipinski definition) is 2. The van der Waals surface area contributed by atoms with Crippen molar-refractivity contribution in [1.29, 1.82) is 0 Å². The first-order chi connectivity index (χ1) is 8.93. The summed E-state index contributed by atoms with van der Waals surface area (Å²) >= 11 is 15.4. The van der Waals surface area contributed by atoms with Crippen LogP contribution in [0.2, 0.25) is 10.0 Å². The van der Waals surface area contributed by atoms with Gasteiger partial charge in [-0.05, 0) is 19.1 Å². The van der Waals surface area contributed by atoms with Gasteiger partial charge < -0.3 is 15.4 Å². The molecule has 7 heteroatoms. The summed E-state index contributed by atoms with van der Waals surface area (Å²) in [5, 5.41) is 6.61. The Labute approximate surface area is 130 Å². The highest BCUT2D eigenvalue weighted by Crippen LogP contribution is 2.33. The van der Waals surface area contributed by atoms with Crippen molar-refractivity contribution >= 4 is 50.7 Å². The molecule has 1 unspecified atom stereocenters. The molecule has 0 aliphatic heterocycles. The maximum absolute atomic E-state index is 11.7. The van der Waals surface area contributed by atoms with E-state index in [-0.39, 0.29) is 18.5 Å². The molecule has 1 aromatic rings. The molecule has 0 heterocycles. The van der Waals surface area contributed by atoms with E-state index in [2.05, 4.69) is 26.6 Å². The maximum Gasteiger partial charge on any atom is 0.239 e. The number of amides is 1. The van der Waals surface area contributed by atoms with Gasteiger partial charge in [-0.1, -0.05) is 39.1 Å². The number of halogens is 3. The third-order valence-electron chi connectivity index (χ3n) is 2.26. The molecule has 0 saturated heterocycles. The number of rotatable bonds is 6. The molecule has 2 N–H and O–H groups in total. The minimum atomic E-state index is -0.153. The summed E-state index contributed by atoms with van der Waals surface area (Å²) in [5.41, 5.74) is 0.543. The molecule has 0 saturated carbocycles. The number of anilines is 1. The Morgan fingerprint density at radius 1 is 1.42 bits per heavy atom. The van der Waals surface area contributed by atoms with E-state index in [4.69, 9.17) is 27.9 Å². The van der Waals surface area contributed by atoms with E-state index < -0.39 is 0 Å². The highest BCUT2D eigenvalue weighted by molar-refractivity contribution is 9.10. The van der Waals surface area contributed by atoms with Crippen molar-refractivity contribution in [2.24, 2.45) is 0 Å². The first kappa shape index (κ1) is 16.6. The van der Waals surface area contributed by atoms with Gasteiger partial charge in [-0.25, -0.2) is 0 Å². The zero-order valence-corrected chi connectivity index (χ0v) is 13.7. The van der Waals surface area contributed by atoms with Crippen molar-refractivity contribution < 1.29 is 9.53 Å². The Kier molecular flexibility index (Phi) is 6.93. The summed E-state index contributed by atoms with van der Waals surface area (Å²) < 4.78 is 5.72. The van der Waals surface area contributed by atoms with Crippen LogP contribution >= 0.6 is 39.1 Å². The van der Waals surface area contributed by atoms with Crippen molar-refractivity contribution in [3.8, 4) is 0 Å². The van der Waals surface area contributed by atoms with Crippen LogP contribution in [0.15, 0.2) is 16.6 Å². The van der Waals surface area contributed by atoms with Gasteiger partial charge in [0.25, 0.3) is 0 Å². The topological polar surface area (TPSA) is 50.4 Å². The van der Waals surface area contributed by atoms with Gasteiger partial charge in [-0.2, -0.15) is 0 Å². The number of hydrogen-bond acceptors (Lipinski definition) is 3. The molecule has 4 nitrogen and oxygen atoms in total. The van der Waals surface area contributed by atoms with Crippen molar-refractivity contribution in [3.05, 3.63) is 26.7 Å². The molecule has 0 aliphatic carbocycles. The summed E-state index contributed by atoms with van der Waals surface area (Å²) in [7, 11) is 1.59. The van der Waals surface area contributed by atoms with Crippen LogP contribution in [0.25, 0.3) is 0 Å². The fourth-order valence-corrected chi connectivity index (χ4v) is 2.84. The van der Waals surface area contributed by atoms with Crippen molar-refractivity contribution in [2.75, 3.05) is 25.6 Å². The zero-order chi connectivity index (χ0) is 14.4. The first-order valence-electron chi connectivity index (χ1n) is 5.60. The molecule has 1 atom stereocenters. The molecule has 0 aromatic heterocycles. The molecule has 0 spiro atoms. The Morgan fingerprint density at radius 2 is 2.00 bits per heavy atom. The summed E-state index contributed by atoms with van der Waals surface area (Å²) in [4.78, 5) is 11.7. The molecular formula is C12H15BrCl2N2O2. The van der Waals surface area contributed by atoms with Crippen LogP contribution in [-0.4, -0.2) is 32.2 Å². The lowest BCUT2D eigenvalue weighted by Gasteiger charge is -2.14. The van der Waals surface area contributed by atoms with Gasteiger partial charge in [0.05, 0.1) is 28.9 Å². The van der Waals surface area contributed by atoms with Crippen molar-refractivity contribution in [2.45, 2.75) is 13.0 Å². The van der Waals surface area contributed by atoms with Gasteiger partial charge in [0.2, 0.25) is 5.91 Å². The maximum atomic E-state index is 11.7. The second kappa shape index (κ2) is 7.94. The molecule has 19 heavy (non-hydrogen) atoms. The molecule has 1 amide bonds. The zero-order valence-electron chi connectivity index (χ0n) is 10.6. The van der Waals surface area contributed by atoms with Crippen LogP contribution in [0.5, 0.6) is 0 Å². The predicted molar refractivity (Wildman–Crippen MR) is 82.1 cm³/mol. The molecule has 0 radical (unpaired) electrons. The highest BCUT2D eigenvalue weighted by Gasteiger charge is 2.10. The van der Waals surface area contributed by atoms with Crippen LogP contribution in [-0.2, 0) is 9.53 Å². The van der Waals surface area contributed by atoms with Crippen LogP contribution < -0.4 is 10.6 Å². The Balaban J connectivity index is 2.55. The lowest BCUT2D eigenvalue weighted by molar-refractivity contribution is -0.120. The molecule has 1 aromatic carbocycles. The van der Waals surface area contributed by atoms with E-state index in [1.54, 1.807) is 19.2 Å². The predicted octanol–water partition coefficient (Wildman–Crippen LogP) is 3.32. The van der Waals surface area contributed by atoms with Gasteiger partial charge >= 0.3 is 0 Å². The largest absolute Gasteiger partial charge is 0.383 e. The van der Waals surface area contributed by atoms with E-state index in [0.717, 1.165) is 4.47 Å². The number of nitrogens with one attached hydrogen (secondary N) is 2. The van der Waals surface area contributed by atoms with E-state index in [1.165, 1.54) is 0 Å². The van der Waals surface area contributed by atoms with E-state index in [0.29, 0.717) is 22.3 Å². The average Bonchev–Trinajstić information content (AvgIpc) is 2.27. The number of carbonyl (C=O) groups is 1. The monoisotopic (exact) mass is 368 g/mol. The third kappa shape index (κ3) is 5.57. The van der Waals surface area contributed by atoms with Crippen LogP contribution in [0.4, 0.5) is 5.69 Å². The standard InChI is InChI=1S/C12H15BrCl2N2O2/c1-7(6-19-2)17-11(18)5-16-12-9(14)3-8(13)4-10(12)15/h3-4,7,16H,5-6H2,1-2H3,(H,17,18). The molecule has 1 rings (SSSR count). The Hall–Kier alpha value is -0.490.